The molecule has 2 nitrogen and oxygen atoms in total. The molecule has 2 rings (SSSR count). The van der Waals surface area contributed by atoms with Crippen molar-refractivity contribution in [3.8, 4) is 0 Å². The lowest BCUT2D eigenvalue weighted by molar-refractivity contribution is 0.169. The Morgan fingerprint density at radius 2 is 2.06 bits per heavy atom. The van der Waals surface area contributed by atoms with Gasteiger partial charge in [0.15, 0.2) is 0 Å². The normalized spacial score (nSPS) is 37.5. The van der Waals surface area contributed by atoms with Crippen LogP contribution in [0.5, 0.6) is 0 Å². The van der Waals surface area contributed by atoms with Crippen molar-refractivity contribution in [1.29, 1.82) is 0 Å². The van der Waals surface area contributed by atoms with E-state index in [1.807, 2.05) is 0 Å². The molecule has 2 heterocycles. The number of hydrogen-bond donors (Lipinski definition) is 1. The first-order valence-corrected chi connectivity index (χ1v) is 7.28. The molecular formula is C14H28N2. The molecule has 2 aliphatic heterocycles. The van der Waals surface area contributed by atoms with Gasteiger partial charge in [-0.15, -0.1) is 0 Å². The first-order valence-electron chi connectivity index (χ1n) is 7.28. The van der Waals surface area contributed by atoms with Crippen LogP contribution >= 0.6 is 0 Å². The molecule has 2 fully saturated rings. The number of hydrogen-bond acceptors (Lipinski definition) is 2. The van der Waals surface area contributed by atoms with E-state index in [4.69, 9.17) is 0 Å². The van der Waals surface area contributed by atoms with E-state index in [0.29, 0.717) is 0 Å². The van der Waals surface area contributed by atoms with Crippen molar-refractivity contribution in [3.63, 3.8) is 0 Å². The molecule has 3 atom stereocenters. The maximum Gasteiger partial charge on any atom is 0.0221 e. The van der Waals surface area contributed by atoms with E-state index in [9.17, 15) is 0 Å². The summed E-state index contributed by atoms with van der Waals surface area (Å²) in [7, 11) is 0. The van der Waals surface area contributed by atoms with Crippen molar-refractivity contribution in [1.82, 2.24) is 10.2 Å². The second-order valence-corrected chi connectivity index (χ2v) is 5.73. The second-order valence-electron chi connectivity index (χ2n) is 5.73. The summed E-state index contributed by atoms with van der Waals surface area (Å²) in [5.41, 5.74) is 0. The minimum absolute atomic E-state index is 0.757. The summed E-state index contributed by atoms with van der Waals surface area (Å²) < 4.78 is 0. The van der Waals surface area contributed by atoms with Gasteiger partial charge in [-0.25, -0.2) is 0 Å². The van der Waals surface area contributed by atoms with Crippen LogP contribution in [0.25, 0.3) is 0 Å². The average molecular weight is 224 g/mol. The lowest BCUT2D eigenvalue weighted by Crippen LogP contribution is -2.44. The summed E-state index contributed by atoms with van der Waals surface area (Å²) in [6, 6.07) is 1.62. The van der Waals surface area contributed by atoms with Gasteiger partial charge in [-0.1, -0.05) is 26.7 Å². The average Bonchev–Trinajstić information content (AvgIpc) is 2.56. The lowest BCUT2D eigenvalue weighted by Gasteiger charge is -2.32. The molecule has 2 saturated heterocycles. The Morgan fingerprint density at radius 1 is 1.19 bits per heavy atom. The van der Waals surface area contributed by atoms with E-state index in [1.54, 1.807) is 0 Å². The van der Waals surface area contributed by atoms with Gasteiger partial charge in [0.25, 0.3) is 0 Å². The smallest absolute Gasteiger partial charge is 0.0221 e. The minimum Gasteiger partial charge on any atom is -0.312 e. The van der Waals surface area contributed by atoms with Gasteiger partial charge in [-0.2, -0.15) is 0 Å². The Hall–Kier alpha value is -0.0800. The highest BCUT2D eigenvalue weighted by Gasteiger charge is 2.27. The predicted octanol–water partition coefficient (Wildman–Crippen LogP) is 2.64. The predicted molar refractivity (Wildman–Crippen MR) is 69.7 cm³/mol. The van der Waals surface area contributed by atoms with E-state index in [1.165, 1.54) is 58.2 Å². The zero-order valence-electron chi connectivity index (χ0n) is 11.0. The molecular weight excluding hydrogens is 196 g/mol. The summed E-state index contributed by atoms with van der Waals surface area (Å²) in [5.74, 6) is 0.876. The molecule has 0 aromatic carbocycles. The molecule has 1 N–H and O–H groups in total. The van der Waals surface area contributed by atoms with Crippen LogP contribution < -0.4 is 5.32 Å². The van der Waals surface area contributed by atoms with Crippen LogP contribution in [-0.4, -0.2) is 36.6 Å². The highest BCUT2D eigenvalue weighted by Crippen LogP contribution is 2.22. The topological polar surface area (TPSA) is 15.3 Å². The van der Waals surface area contributed by atoms with Gasteiger partial charge < -0.3 is 5.32 Å². The quantitative estimate of drug-likeness (QED) is 0.793. The fraction of sp³-hybridized carbons (Fsp3) is 1.00. The molecule has 0 saturated carbocycles. The molecule has 2 heteroatoms. The summed E-state index contributed by atoms with van der Waals surface area (Å²) in [6.45, 7) is 8.62. The molecule has 2 aliphatic rings. The number of nitrogens with zero attached hydrogens (tertiary/aromatic N) is 1. The fourth-order valence-corrected chi connectivity index (χ4v) is 3.34. The van der Waals surface area contributed by atoms with Crippen molar-refractivity contribution in [2.45, 2.75) is 64.5 Å². The molecule has 0 spiro atoms. The van der Waals surface area contributed by atoms with Gasteiger partial charge in [0.1, 0.15) is 0 Å². The number of nitrogens with one attached hydrogen (secondary N) is 1. The number of rotatable bonds is 3. The summed E-state index contributed by atoms with van der Waals surface area (Å²) >= 11 is 0. The minimum atomic E-state index is 0.757. The summed E-state index contributed by atoms with van der Waals surface area (Å²) in [4.78, 5) is 2.77. The van der Waals surface area contributed by atoms with E-state index >= 15 is 0 Å². The van der Waals surface area contributed by atoms with Crippen LogP contribution in [0, 0.1) is 5.92 Å². The molecule has 0 aromatic heterocycles. The third-order valence-corrected chi connectivity index (χ3v) is 4.59. The fourth-order valence-electron chi connectivity index (χ4n) is 3.34. The van der Waals surface area contributed by atoms with Crippen molar-refractivity contribution in [3.05, 3.63) is 0 Å². The molecule has 0 aromatic rings. The van der Waals surface area contributed by atoms with E-state index in [0.717, 1.165) is 18.0 Å². The lowest BCUT2D eigenvalue weighted by atomic mass is 10.0. The van der Waals surface area contributed by atoms with E-state index < -0.39 is 0 Å². The van der Waals surface area contributed by atoms with Gasteiger partial charge in [0, 0.05) is 18.6 Å². The Kier molecular flexibility index (Phi) is 4.66. The zero-order valence-corrected chi connectivity index (χ0v) is 11.0. The molecule has 16 heavy (non-hydrogen) atoms. The largest absolute Gasteiger partial charge is 0.312 e. The van der Waals surface area contributed by atoms with Crippen molar-refractivity contribution < 1.29 is 0 Å². The summed E-state index contributed by atoms with van der Waals surface area (Å²) in [5, 5.41) is 3.68. The van der Waals surface area contributed by atoms with Gasteiger partial charge in [-0.05, 0) is 44.7 Å². The van der Waals surface area contributed by atoms with Crippen LogP contribution in [0.3, 0.4) is 0 Å². The second kappa shape index (κ2) is 6.02. The molecule has 0 bridgehead atoms. The highest BCUT2D eigenvalue weighted by atomic mass is 15.2. The van der Waals surface area contributed by atoms with Gasteiger partial charge in [-0.3, -0.25) is 4.90 Å². The molecule has 0 aliphatic carbocycles. The Labute approximate surface area is 101 Å². The van der Waals surface area contributed by atoms with E-state index in [-0.39, 0.29) is 0 Å². The van der Waals surface area contributed by atoms with Crippen LogP contribution in [-0.2, 0) is 0 Å². The van der Waals surface area contributed by atoms with Crippen LogP contribution in [0.1, 0.15) is 52.4 Å². The van der Waals surface area contributed by atoms with Gasteiger partial charge >= 0.3 is 0 Å². The van der Waals surface area contributed by atoms with Crippen LogP contribution in [0.2, 0.25) is 0 Å². The first kappa shape index (κ1) is 12.4. The third-order valence-electron chi connectivity index (χ3n) is 4.59. The Morgan fingerprint density at radius 3 is 2.75 bits per heavy atom. The van der Waals surface area contributed by atoms with Gasteiger partial charge in [0.05, 0.1) is 0 Å². The molecule has 0 radical (unpaired) electrons. The molecule has 3 unspecified atom stereocenters. The molecule has 0 amide bonds. The zero-order chi connectivity index (χ0) is 11.4. The maximum atomic E-state index is 3.68. The first-order chi connectivity index (χ1) is 7.81. The summed E-state index contributed by atoms with van der Waals surface area (Å²) in [6.07, 6.45) is 8.44. The highest BCUT2D eigenvalue weighted by molar-refractivity contribution is 4.86. The molecule has 94 valence electrons. The Bertz CT molecular complexity index is 205. The number of likely N-dealkylation sites (tertiary alicyclic amines) is 1. The third kappa shape index (κ3) is 2.98. The standard InChI is InChI=1S/C14H28N2/c1-3-13-7-5-4-6-10-16(13)11-14-12(2)8-9-15-14/h12-15H,3-11H2,1-2H3. The monoisotopic (exact) mass is 224 g/mol. The Balaban J connectivity index is 1.89. The van der Waals surface area contributed by atoms with Crippen molar-refractivity contribution in [2.75, 3.05) is 19.6 Å². The van der Waals surface area contributed by atoms with Gasteiger partial charge in [0.2, 0.25) is 0 Å². The maximum absolute atomic E-state index is 3.68. The SMILES string of the molecule is CCC1CCCCCN1CC1NCCC1C. The van der Waals surface area contributed by atoms with Crippen molar-refractivity contribution >= 4 is 0 Å². The van der Waals surface area contributed by atoms with E-state index in [2.05, 4.69) is 24.1 Å². The van der Waals surface area contributed by atoms with Crippen LogP contribution in [0.15, 0.2) is 0 Å². The van der Waals surface area contributed by atoms with Crippen LogP contribution in [0.4, 0.5) is 0 Å². The van der Waals surface area contributed by atoms with Crippen molar-refractivity contribution in [2.24, 2.45) is 5.92 Å².